The van der Waals surface area contributed by atoms with Crippen molar-refractivity contribution >= 4 is 45.9 Å². The predicted octanol–water partition coefficient (Wildman–Crippen LogP) is 4.49. The second-order valence-corrected chi connectivity index (χ2v) is 10.7. The molecule has 0 bridgehead atoms. The number of carbonyl (C=O) groups excluding carboxylic acids is 2. The highest BCUT2D eigenvalue weighted by Crippen LogP contribution is 2.29. The van der Waals surface area contributed by atoms with Gasteiger partial charge in [-0.15, -0.1) is 0 Å². The molecule has 0 aliphatic carbocycles. The highest BCUT2D eigenvalue weighted by molar-refractivity contribution is 8.18. The van der Waals surface area contributed by atoms with Crippen LogP contribution in [0.5, 0.6) is 0 Å². The summed E-state index contributed by atoms with van der Waals surface area (Å²) in [5, 5.41) is 16.1. The van der Waals surface area contributed by atoms with Crippen molar-refractivity contribution in [1.29, 1.82) is 5.26 Å². The predicted molar refractivity (Wildman–Crippen MR) is 152 cm³/mol. The first-order chi connectivity index (χ1) is 19.6. The summed E-state index contributed by atoms with van der Waals surface area (Å²) in [5.41, 5.74) is 3.35. The topological polar surface area (TPSA) is 137 Å². The summed E-state index contributed by atoms with van der Waals surface area (Å²) in [5.74, 6) is 1.32. The Morgan fingerprint density at radius 2 is 2.02 bits per heavy atom. The van der Waals surface area contributed by atoms with E-state index in [4.69, 9.17) is 4.42 Å². The molecule has 2 amide bonds. The van der Waals surface area contributed by atoms with Crippen molar-refractivity contribution in [2.45, 2.75) is 19.4 Å². The van der Waals surface area contributed by atoms with Crippen LogP contribution in [0.2, 0.25) is 0 Å². The van der Waals surface area contributed by atoms with E-state index in [1.165, 1.54) is 0 Å². The Labute approximate surface area is 234 Å². The van der Waals surface area contributed by atoms with Crippen molar-refractivity contribution in [3.05, 3.63) is 76.6 Å². The second-order valence-electron chi connectivity index (χ2n) is 9.70. The molecule has 2 saturated heterocycles. The van der Waals surface area contributed by atoms with Crippen molar-refractivity contribution in [3.63, 3.8) is 0 Å². The van der Waals surface area contributed by atoms with Gasteiger partial charge in [-0.1, -0.05) is 18.2 Å². The van der Waals surface area contributed by atoms with Crippen LogP contribution in [0, 0.1) is 17.2 Å². The summed E-state index contributed by atoms with van der Waals surface area (Å²) in [6, 6.07) is 15.5. The Kier molecular flexibility index (Phi) is 7.27. The van der Waals surface area contributed by atoms with E-state index < -0.39 is 5.91 Å². The molecule has 200 valence electrons. The zero-order chi connectivity index (χ0) is 27.5. The fourth-order valence-corrected chi connectivity index (χ4v) is 5.56. The number of furan rings is 1. The van der Waals surface area contributed by atoms with Gasteiger partial charge in [0.2, 0.25) is 5.95 Å². The largest absolute Gasteiger partial charge is 0.454 e. The van der Waals surface area contributed by atoms with E-state index in [1.807, 2.05) is 36.4 Å². The van der Waals surface area contributed by atoms with E-state index in [1.54, 1.807) is 24.5 Å². The van der Waals surface area contributed by atoms with Crippen LogP contribution >= 0.6 is 11.8 Å². The molecule has 2 N–H and O–H groups in total. The number of pyridine rings is 1. The summed E-state index contributed by atoms with van der Waals surface area (Å²) in [6.07, 6.45) is 7.05. The van der Waals surface area contributed by atoms with E-state index in [0.717, 1.165) is 60.8 Å². The molecule has 0 unspecified atom stereocenters. The number of hydrogen-bond acceptors (Lipinski definition) is 10. The number of aromatic nitrogens is 3. The maximum Gasteiger partial charge on any atom is 0.290 e. The van der Waals surface area contributed by atoms with Gasteiger partial charge in [0.1, 0.15) is 17.3 Å². The van der Waals surface area contributed by atoms with Gasteiger partial charge in [-0.05, 0) is 73.0 Å². The standard InChI is InChI=1S/C29H25N7O3S/c30-14-21-11-19(17-33-26(21)24-12-20-3-1-2-4-23(20)39-24)16-31-15-18-6-9-36(10-7-18)28-32-8-5-22(34-28)13-25-27(37)35-29(38)40-25/h1-5,8,11-13,17-18,31H,6-7,9-10,15-16H2,(H,35,37,38). The van der Waals surface area contributed by atoms with Gasteiger partial charge in [0.05, 0.1) is 16.2 Å². The van der Waals surface area contributed by atoms with Gasteiger partial charge in [0.25, 0.3) is 11.1 Å². The van der Waals surface area contributed by atoms with E-state index in [-0.39, 0.29) is 5.24 Å². The van der Waals surface area contributed by atoms with E-state index in [0.29, 0.717) is 46.0 Å². The van der Waals surface area contributed by atoms with E-state index in [2.05, 4.69) is 36.6 Å². The lowest BCUT2D eigenvalue weighted by molar-refractivity contribution is -0.115. The summed E-state index contributed by atoms with van der Waals surface area (Å²) >= 11 is 0.875. The lowest BCUT2D eigenvalue weighted by atomic mass is 9.97. The molecule has 11 heteroatoms. The Bertz CT molecular complexity index is 1630. The SMILES string of the molecule is N#Cc1cc(CNCC2CCN(c3nccc(C=C4SC(=O)NC4=O)n3)CC2)cnc1-c1cc2ccccc2o1. The maximum atomic E-state index is 11.8. The average Bonchev–Trinajstić information content (AvgIpc) is 3.55. The molecule has 6 rings (SSSR count). The number of fused-ring (bicyclic) bond motifs is 1. The third kappa shape index (κ3) is 5.59. The fraction of sp³-hybridized carbons (Fsp3) is 0.241. The van der Waals surface area contributed by atoms with Crippen LogP contribution in [-0.4, -0.2) is 45.7 Å². The number of nitrogens with zero attached hydrogens (tertiary/aromatic N) is 5. The van der Waals surface area contributed by atoms with Gasteiger partial charge in [-0.25, -0.2) is 9.97 Å². The number of imide groups is 1. The molecule has 0 spiro atoms. The highest BCUT2D eigenvalue weighted by Gasteiger charge is 2.26. The first kappa shape index (κ1) is 25.7. The fourth-order valence-electron chi connectivity index (χ4n) is 4.89. The van der Waals surface area contributed by atoms with Crippen molar-refractivity contribution in [2.75, 3.05) is 24.5 Å². The molecule has 2 aliphatic rings. The minimum atomic E-state index is -0.398. The lowest BCUT2D eigenvalue weighted by Crippen LogP contribution is -2.38. The van der Waals surface area contributed by atoms with Crippen LogP contribution in [0.3, 0.4) is 0 Å². The zero-order valence-electron chi connectivity index (χ0n) is 21.5. The number of amides is 2. The quantitative estimate of drug-likeness (QED) is 0.316. The van der Waals surface area contributed by atoms with Gasteiger partial charge in [-0.2, -0.15) is 5.26 Å². The molecular formula is C29H25N7O3S. The van der Waals surface area contributed by atoms with Crippen LogP contribution in [0.15, 0.2) is 64.2 Å². The minimum Gasteiger partial charge on any atom is -0.454 e. The summed E-state index contributed by atoms with van der Waals surface area (Å²) in [7, 11) is 0. The summed E-state index contributed by atoms with van der Waals surface area (Å²) in [6.45, 7) is 3.13. The van der Waals surface area contributed by atoms with Gasteiger partial charge in [-0.3, -0.25) is 19.9 Å². The number of piperidine rings is 1. The Morgan fingerprint density at radius 1 is 1.18 bits per heavy atom. The number of nitrogens with one attached hydrogen (secondary N) is 2. The number of anilines is 1. The number of nitriles is 1. The monoisotopic (exact) mass is 551 g/mol. The molecule has 10 nitrogen and oxygen atoms in total. The Balaban J connectivity index is 1.02. The average molecular weight is 552 g/mol. The number of hydrogen-bond donors (Lipinski definition) is 2. The third-order valence-electron chi connectivity index (χ3n) is 6.97. The number of thioether (sulfide) groups is 1. The summed E-state index contributed by atoms with van der Waals surface area (Å²) in [4.78, 5) is 39.2. The van der Waals surface area contributed by atoms with Crippen molar-refractivity contribution in [3.8, 4) is 17.5 Å². The van der Waals surface area contributed by atoms with Crippen LogP contribution in [0.25, 0.3) is 28.5 Å². The molecule has 2 aliphatic heterocycles. The lowest BCUT2D eigenvalue weighted by Gasteiger charge is -2.32. The smallest absolute Gasteiger partial charge is 0.290 e. The Hall–Kier alpha value is -4.53. The molecule has 1 aromatic carbocycles. The van der Waals surface area contributed by atoms with Crippen molar-refractivity contribution in [1.82, 2.24) is 25.6 Å². The molecule has 0 atom stereocenters. The first-order valence-corrected chi connectivity index (χ1v) is 13.8. The molecule has 4 aromatic rings. The van der Waals surface area contributed by atoms with Crippen LogP contribution < -0.4 is 15.5 Å². The number of rotatable bonds is 7. The van der Waals surface area contributed by atoms with Crippen molar-refractivity contribution in [2.24, 2.45) is 5.92 Å². The van der Waals surface area contributed by atoms with Gasteiger partial charge >= 0.3 is 0 Å². The van der Waals surface area contributed by atoms with Crippen molar-refractivity contribution < 1.29 is 14.0 Å². The molecule has 5 heterocycles. The molecule has 40 heavy (non-hydrogen) atoms. The van der Waals surface area contributed by atoms with E-state index in [9.17, 15) is 14.9 Å². The Morgan fingerprint density at radius 3 is 2.80 bits per heavy atom. The second kappa shape index (κ2) is 11.3. The summed E-state index contributed by atoms with van der Waals surface area (Å²) < 4.78 is 5.91. The highest BCUT2D eigenvalue weighted by atomic mass is 32.2. The molecule has 2 fully saturated rings. The van der Waals surface area contributed by atoms with Gasteiger partial charge in [0.15, 0.2) is 5.76 Å². The minimum absolute atomic E-state index is 0.334. The van der Waals surface area contributed by atoms with Crippen LogP contribution in [0.1, 0.15) is 29.7 Å². The molecule has 0 saturated carbocycles. The normalized spacial score (nSPS) is 17.0. The zero-order valence-corrected chi connectivity index (χ0v) is 22.3. The van der Waals surface area contributed by atoms with Gasteiger partial charge < -0.3 is 14.6 Å². The number of para-hydroxylation sites is 1. The van der Waals surface area contributed by atoms with Crippen LogP contribution in [-0.2, 0) is 11.3 Å². The maximum absolute atomic E-state index is 11.8. The van der Waals surface area contributed by atoms with Crippen LogP contribution in [0.4, 0.5) is 10.7 Å². The third-order valence-corrected chi connectivity index (χ3v) is 7.78. The van der Waals surface area contributed by atoms with E-state index >= 15 is 0 Å². The van der Waals surface area contributed by atoms with Gasteiger partial charge in [0, 0.05) is 37.4 Å². The molecule has 3 aromatic heterocycles. The number of carbonyl (C=O) groups is 2. The number of benzene rings is 1. The molecule has 0 radical (unpaired) electrons. The molecular weight excluding hydrogens is 526 g/mol. The first-order valence-electron chi connectivity index (χ1n) is 13.0.